The van der Waals surface area contributed by atoms with E-state index in [1.54, 1.807) is 0 Å². The molecule has 0 unspecified atom stereocenters. The summed E-state index contributed by atoms with van der Waals surface area (Å²) < 4.78 is 29.2. The number of amides is 1. The van der Waals surface area contributed by atoms with Gasteiger partial charge >= 0.3 is 6.43 Å². The number of carbonyl (C=O) groups excluding carboxylic acids is 1. The van der Waals surface area contributed by atoms with Crippen molar-refractivity contribution in [3.05, 3.63) is 0 Å². The first-order valence-corrected chi connectivity index (χ1v) is 6.02. The van der Waals surface area contributed by atoms with Crippen molar-refractivity contribution in [3.8, 4) is 0 Å². The highest BCUT2D eigenvalue weighted by Gasteiger charge is 2.18. The Morgan fingerprint density at radius 1 is 1.35 bits per heavy atom. The van der Waals surface area contributed by atoms with Gasteiger partial charge in [-0.25, -0.2) is 0 Å². The number of alkyl halides is 2. The highest BCUT2D eigenvalue weighted by Crippen LogP contribution is 2.19. The normalized spacial score (nSPS) is 24.9. The third-order valence-electron chi connectivity index (χ3n) is 2.89. The quantitative estimate of drug-likeness (QED) is 0.692. The van der Waals surface area contributed by atoms with Crippen LogP contribution in [0.5, 0.6) is 0 Å². The minimum absolute atomic E-state index is 0.232. The number of halogens is 2. The van der Waals surface area contributed by atoms with Crippen LogP contribution in [0.1, 0.15) is 32.1 Å². The van der Waals surface area contributed by atoms with Crippen molar-refractivity contribution in [3.63, 3.8) is 0 Å². The minimum atomic E-state index is -2.93. The Labute approximate surface area is 99.9 Å². The number of nitrogens with two attached hydrogens (primary N) is 1. The maximum atomic E-state index is 11.8. The lowest BCUT2D eigenvalue weighted by Gasteiger charge is -2.26. The number of ether oxygens (including phenoxy) is 1. The van der Waals surface area contributed by atoms with Gasteiger partial charge in [0.15, 0.2) is 0 Å². The molecule has 3 N–H and O–H groups in total. The van der Waals surface area contributed by atoms with Crippen molar-refractivity contribution in [2.24, 2.45) is 5.73 Å². The van der Waals surface area contributed by atoms with Crippen LogP contribution in [-0.4, -0.2) is 37.6 Å². The molecule has 17 heavy (non-hydrogen) atoms. The Kier molecular flexibility index (Phi) is 6.36. The van der Waals surface area contributed by atoms with Gasteiger partial charge in [-0.05, 0) is 32.1 Å². The summed E-state index contributed by atoms with van der Waals surface area (Å²) >= 11 is 0. The van der Waals surface area contributed by atoms with Crippen LogP contribution in [0.2, 0.25) is 0 Å². The van der Waals surface area contributed by atoms with E-state index < -0.39 is 12.3 Å². The first-order chi connectivity index (χ1) is 8.09. The van der Waals surface area contributed by atoms with Crippen molar-refractivity contribution < 1.29 is 18.3 Å². The molecule has 0 bridgehead atoms. The van der Waals surface area contributed by atoms with Crippen molar-refractivity contribution in [1.29, 1.82) is 0 Å². The maximum Gasteiger partial charge on any atom is 0.315 e. The van der Waals surface area contributed by atoms with Crippen LogP contribution in [0.4, 0.5) is 8.78 Å². The number of hydrogen-bond donors (Lipinski definition) is 2. The number of rotatable bonds is 6. The van der Waals surface area contributed by atoms with E-state index >= 15 is 0 Å². The molecule has 1 saturated carbocycles. The van der Waals surface area contributed by atoms with E-state index in [0.717, 1.165) is 25.7 Å². The molecular formula is C11H20F2N2O2. The highest BCUT2D eigenvalue weighted by molar-refractivity contribution is 5.78. The van der Waals surface area contributed by atoms with E-state index in [1.807, 2.05) is 0 Å². The van der Waals surface area contributed by atoms with Crippen LogP contribution in [0.3, 0.4) is 0 Å². The fourth-order valence-corrected chi connectivity index (χ4v) is 1.87. The van der Waals surface area contributed by atoms with Gasteiger partial charge in [-0.15, -0.1) is 0 Å². The number of carbonyl (C=O) groups is 1. The van der Waals surface area contributed by atoms with Gasteiger partial charge in [0, 0.05) is 19.2 Å². The summed E-state index contributed by atoms with van der Waals surface area (Å²) in [6.07, 6.45) is 1.74. The summed E-state index contributed by atoms with van der Waals surface area (Å²) in [6, 6.07) is 0.292. The second-order valence-corrected chi connectivity index (χ2v) is 4.35. The molecule has 4 nitrogen and oxygen atoms in total. The standard InChI is InChI=1S/C11H20F2N2O2/c12-10(13)11(16)15-6-1-7-17-9-4-2-8(14)3-5-9/h8-10H,1-7,14H2,(H,15,16). The van der Waals surface area contributed by atoms with Crippen molar-refractivity contribution in [2.75, 3.05) is 13.2 Å². The van der Waals surface area contributed by atoms with Gasteiger partial charge in [-0.1, -0.05) is 0 Å². The fraction of sp³-hybridized carbons (Fsp3) is 0.909. The zero-order valence-corrected chi connectivity index (χ0v) is 9.83. The molecular weight excluding hydrogens is 230 g/mol. The Balaban J connectivity index is 1.96. The van der Waals surface area contributed by atoms with E-state index in [4.69, 9.17) is 10.5 Å². The molecule has 0 aromatic rings. The summed E-state index contributed by atoms with van der Waals surface area (Å²) in [5, 5.41) is 2.14. The van der Waals surface area contributed by atoms with Crippen LogP contribution in [0.25, 0.3) is 0 Å². The van der Waals surface area contributed by atoms with Gasteiger partial charge in [0.1, 0.15) is 0 Å². The first kappa shape index (κ1) is 14.3. The van der Waals surface area contributed by atoms with Gasteiger partial charge in [-0.2, -0.15) is 8.78 Å². The Morgan fingerprint density at radius 2 is 2.00 bits per heavy atom. The Bertz CT molecular complexity index is 232. The zero-order chi connectivity index (χ0) is 12.7. The average Bonchev–Trinajstić information content (AvgIpc) is 2.30. The van der Waals surface area contributed by atoms with E-state index in [-0.39, 0.29) is 12.6 Å². The van der Waals surface area contributed by atoms with E-state index in [0.29, 0.717) is 19.1 Å². The Hall–Kier alpha value is -0.750. The molecule has 0 aromatic heterocycles. The zero-order valence-electron chi connectivity index (χ0n) is 9.83. The maximum absolute atomic E-state index is 11.8. The van der Waals surface area contributed by atoms with E-state index in [9.17, 15) is 13.6 Å². The first-order valence-electron chi connectivity index (χ1n) is 6.02. The molecule has 0 spiro atoms. The summed E-state index contributed by atoms with van der Waals surface area (Å²) in [6.45, 7) is 0.721. The molecule has 0 radical (unpaired) electrons. The molecule has 1 rings (SSSR count). The number of hydrogen-bond acceptors (Lipinski definition) is 3. The second kappa shape index (κ2) is 7.55. The molecule has 0 saturated heterocycles. The van der Waals surface area contributed by atoms with Crippen LogP contribution < -0.4 is 11.1 Å². The molecule has 1 aliphatic carbocycles. The lowest BCUT2D eigenvalue weighted by atomic mass is 9.94. The molecule has 100 valence electrons. The van der Waals surface area contributed by atoms with Gasteiger partial charge < -0.3 is 15.8 Å². The largest absolute Gasteiger partial charge is 0.378 e. The second-order valence-electron chi connectivity index (χ2n) is 4.35. The molecule has 1 aliphatic rings. The number of nitrogens with one attached hydrogen (secondary N) is 1. The van der Waals surface area contributed by atoms with Crippen LogP contribution in [0.15, 0.2) is 0 Å². The predicted octanol–water partition coefficient (Wildman–Crippen LogP) is 1.04. The summed E-state index contributed by atoms with van der Waals surface area (Å²) in [5.74, 6) is -1.21. The third kappa shape index (κ3) is 5.93. The average molecular weight is 250 g/mol. The smallest absolute Gasteiger partial charge is 0.315 e. The van der Waals surface area contributed by atoms with Gasteiger partial charge in [-0.3, -0.25) is 4.79 Å². The van der Waals surface area contributed by atoms with Gasteiger partial charge in [0.05, 0.1) is 6.10 Å². The van der Waals surface area contributed by atoms with Gasteiger partial charge in [0.2, 0.25) is 0 Å². The van der Waals surface area contributed by atoms with Gasteiger partial charge in [0.25, 0.3) is 5.91 Å². The lowest BCUT2D eigenvalue weighted by Crippen LogP contribution is -2.32. The van der Waals surface area contributed by atoms with Crippen molar-refractivity contribution >= 4 is 5.91 Å². The van der Waals surface area contributed by atoms with Crippen molar-refractivity contribution in [2.45, 2.75) is 50.7 Å². The summed E-state index contributed by atoms with van der Waals surface area (Å²) in [7, 11) is 0. The molecule has 0 atom stereocenters. The van der Waals surface area contributed by atoms with Crippen LogP contribution >= 0.6 is 0 Å². The summed E-state index contributed by atoms with van der Waals surface area (Å²) in [4.78, 5) is 10.5. The minimum Gasteiger partial charge on any atom is -0.378 e. The topological polar surface area (TPSA) is 64.3 Å². The van der Waals surface area contributed by atoms with Crippen LogP contribution in [0, 0.1) is 0 Å². The fourth-order valence-electron chi connectivity index (χ4n) is 1.87. The molecule has 0 aliphatic heterocycles. The molecule has 0 heterocycles. The molecule has 1 amide bonds. The molecule has 0 aromatic carbocycles. The molecule has 6 heteroatoms. The third-order valence-corrected chi connectivity index (χ3v) is 2.89. The van der Waals surface area contributed by atoms with Crippen molar-refractivity contribution in [1.82, 2.24) is 5.32 Å². The predicted molar refractivity (Wildman–Crippen MR) is 59.8 cm³/mol. The lowest BCUT2D eigenvalue weighted by molar-refractivity contribution is -0.131. The SMILES string of the molecule is NC1CCC(OCCCNC(=O)C(F)F)CC1. The molecule has 1 fully saturated rings. The Morgan fingerprint density at radius 3 is 2.59 bits per heavy atom. The van der Waals surface area contributed by atoms with E-state index in [1.165, 1.54) is 0 Å². The van der Waals surface area contributed by atoms with E-state index in [2.05, 4.69) is 5.32 Å². The summed E-state index contributed by atoms with van der Waals surface area (Å²) in [5.41, 5.74) is 5.76. The highest BCUT2D eigenvalue weighted by atomic mass is 19.3. The monoisotopic (exact) mass is 250 g/mol. The van der Waals surface area contributed by atoms with Crippen LogP contribution in [-0.2, 0) is 9.53 Å².